The van der Waals surface area contributed by atoms with Crippen LogP contribution < -0.4 is 11.1 Å². The molecule has 18 heavy (non-hydrogen) atoms. The van der Waals surface area contributed by atoms with Crippen molar-refractivity contribution in [2.45, 2.75) is 0 Å². The SMILES string of the molecule is N#Cc1cccc(NC(=O)c2ccc(N)cn2)c1. The van der Waals surface area contributed by atoms with E-state index in [0.29, 0.717) is 16.9 Å². The minimum absolute atomic E-state index is 0.270. The van der Waals surface area contributed by atoms with Crippen molar-refractivity contribution in [1.29, 1.82) is 5.26 Å². The average Bonchev–Trinajstić information content (AvgIpc) is 2.39. The van der Waals surface area contributed by atoms with E-state index in [1.165, 1.54) is 6.20 Å². The zero-order chi connectivity index (χ0) is 13.0. The summed E-state index contributed by atoms with van der Waals surface area (Å²) in [4.78, 5) is 15.7. The van der Waals surface area contributed by atoms with Crippen molar-refractivity contribution in [1.82, 2.24) is 4.98 Å². The smallest absolute Gasteiger partial charge is 0.274 e. The zero-order valence-corrected chi connectivity index (χ0v) is 9.42. The quantitative estimate of drug-likeness (QED) is 0.834. The number of aromatic nitrogens is 1. The Kier molecular flexibility index (Phi) is 3.21. The van der Waals surface area contributed by atoms with E-state index >= 15 is 0 Å². The number of carbonyl (C=O) groups excluding carboxylic acids is 1. The van der Waals surface area contributed by atoms with Gasteiger partial charge in [-0.1, -0.05) is 6.07 Å². The Morgan fingerprint density at radius 3 is 2.83 bits per heavy atom. The Hall–Kier alpha value is -2.87. The van der Waals surface area contributed by atoms with Gasteiger partial charge in [0.1, 0.15) is 5.69 Å². The van der Waals surface area contributed by atoms with Gasteiger partial charge in [0.15, 0.2) is 0 Å². The molecule has 3 N–H and O–H groups in total. The minimum Gasteiger partial charge on any atom is -0.397 e. The number of hydrogen-bond acceptors (Lipinski definition) is 4. The first-order chi connectivity index (χ1) is 8.69. The lowest BCUT2D eigenvalue weighted by atomic mass is 10.2. The van der Waals surface area contributed by atoms with Crippen molar-refractivity contribution < 1.29 is 4.79 Å². The lowest BCUT2D eigenvalue weighted by Gasteiger charge is -2.04. The highest BCUT2D eigenvalue weighted by Gasteiger charge is 2.07. The second-order valence-electron chi connectivity index (χ2n) is 3.62. The van der Waals surface area contributed by atoms with Gasteiger partial charge in [-0.3, -0.25) is 4.79 Å². The summed E-state index contributed by atoms with van der Waals surface area (Å²) in [6, 6.07) is 11.8. The molecule has 0 saturated carbocycles. The number of nitriles is 1. The third-order valence-electron chi connectivity index (χ3n) is 2.27. The van der Waals surface area contributed by atoms with E-state index in [-0.39, 0.29) is 11.6 Å². The van der Waals surface area contributed by atoms with E-state index in [9.17, 15) is 4.79 Å². The standard InChI is InChI=1S/C13H10N4O/c14-7-9-2-1-3-11(6-9)17-13(18)12-5-4-10(15)8-16-12/h1-6,8H,15H2,(H,17,18). The van der Waals surface area contributed by atoms with Gasteiger partial charge in [0.25, 0.3) is 5.91 Å². The molecule has 1 aromatic heterocycles. The maximum absolute atomic E-state index is 11.8. The highest BCUT2D eigenvalue weighted by molar-refractivity contribution is 6.03. The van der Waals surface area contributed by atoms with Crippen LogP contribution >= 0.6 is 0 Å². The molecular formula is C13H10N4O. The maximum atomic E-state index is 11.8. The van der Waals surface area contributed by atoms with Crippen LogP contribution in [0.15, 0.2) is 42.6 Å². The van der Waals surface area contributed by atoms with E-state index < -0.39 is 0 Å². The van der Waals surface area contributed by atoms with Gasteiger partial charge < -0.3 is 11.1 Å². The molecule has 0 aliphatic heterocycles. The van der Waals surface area contributed by atoms with Gasteiger partial charge in [-0.25, -0.2) is 4.98 Å². The van der Waals surface area contributed by atoms with Crippen LogP contribution in [0.5, 0.6) is 0 Å². The number of carbonyl (C=O) groups is 1. The number of pyridine rings is 1. The molecule has 88 valence electrons. The maximum Gasteiger partial charge on any atom is 0.274 e. The number of rotatable bonds is 2. The number of benzene rings is 1. The van der Waals surface area contributed by atoms with Gasteiger partial charge in [-0.15, -0.1) is 0 Å². The molecule has 5 nitrogen and oxygen atoms in total. The number of nitrogens with one attached hydrogen (secondary N) is 1. The monoisotopic (exact) mass is 238 g/mol. The molecule has 0 saturated heterocycles. The van der Waals surface area contributed by atoms with Crippen LogP contribution in [-0.4, -0.2) is 10.9 Å². The van der Waals surface area contributed by atoms with E-state index in [4.69, 9.17) is 11.0 Å². The van der Waals surface area contributed by atoms with Crippen molar-refractivity contribution in [3.63, 3.8) is 0 Å². The van der Waals surface area contributed by atoms with Crippen LogP contribution in [0.1, 0.15) is 16.1 Å². The number of anilines is 2. The molecule has 0 bridgehead atoms. The van der Waals surface area contributed by atoms with Crippen LogP contribution in [0.25, 0.3) is 0 Å². The van der Waals surface area contributed by atoms with Crippen LogP contribution in [0.2, 0.25) is 0 Å². The molecule has 0 aliphatic rings. The van der Waals surface area contributed by atoms with Crippen molar-refractivity contribution in [2.24, 2.45) is 0 Å². The second-order valence-corrected chi connectivity index (χ2v) is 3.62. The predicted molar refractivity (Wildman–Crippen MR) is 67.8 cm³/mol. The number of nitrogens with two attached hydrogens (primary N) is 1. The molecule has 0 radical (unpaired) electrons. The molecule has 1 heterocycles. The highest BCUT2D eigenvalue weighted by Crippen LogP contribution is 2.11. The number of amides is 1. The first-order valence-electron chi connectivity index (χ1n) is 5.22. The lowest BCUT2D eigenvalue weighted by molar-refractivity contribution is 0.102. The lowest BCUT2D eigenvalue weighted by Crippen LogP contribution is -2.13. The fourth-order valence-electron chi connectivity index (χ4n) is 1.40. The largest absolute Gasteiger partial charge is 0.397 e. The van der Waals surface area contributed by atoms with Gasteiger partial charge in [-0.2, -0.15) is 5.26 Å². The van der Waals surface area contributed by atoms with Crippen LogP contribution in [0.4, 0.5) is 11.4 Å². The third kappa shape index (κ3) is 2.62. The van der Waals surface area contributed by atoms with Gasteiger partial charge in [0.2, 0.25) is 0 Å². The van der Waals surface area contributed by atoms with E-state index in [0.717, 1.165) is 0 Å². The van der Waals surface area contributed by atoms with Crippen molar-refractivity contribution in [3.05, 3.63) is 53.9 Å². The molecule has 2 aromatic rings. The third-order valence-corrected chi connectivity index (χ3v) is 2.27. The summed E-state index contributed by atoms with van der Waals surface area (Å²) in [5.41, 5.74) is 7.29. The van der Waals surface area contributed by atoms with Gasteiger partial charge in [-0.05, 0) is 30.3 Å². The molecule has 0 unspecified atom stereocenters. The summed E-state index contributed by atoms with van der Waals surface area (Å²) < 4.78 is 0. The fraction of sp³-hybridized carbons (Fsp3) is 0. The number of nitrogen functional groups attached to an aromatic ring is 1. The molecule has 0 spiro atoms. The molecular weight excluding hydrogens is 228 g/mol. The Labute approximate surface area is 104 Å². The first kappa shape index (κ1) is 11.6. The normalized spacial score (nSPS) is 9.50. The summed E-state index contributed by atoms with van der Waals surface area (Å²) >= 11 is 0. The summed E-state index contributed by atoms with van der Waals surface area (Å²) in [6.45, 7) is 0. The Morgan fingerprint density at radius 2 is 2.17 bits per heavy atom. The van der Waals surface area contributed by atoms with Gasteiger partial charge >= 0.3 is 0 Å². The van der Waals surface area contributed by atoms with Gasteiger partial charge in [0.05, 0.1) is 23.5 Å². The second kappa shape index (κ2) is 4.97. The zero-order valence-electron chi connectivity index (χ0n) is 9.42. The van der Waals surface area contributed by atoms with E-state index in [1.807, 2.05) is 6.07 Å². The van der Waals surface area contributed by atoms with E-state index in [1.54, 1.807) is 36.4 Å². The topological polar surface area (TPSA) is 91.8 Å². The Bertz CT molecular complexity index is 614. The van der Waals surface area contributed by atoms with Crippen molar-refractivity contribution >= 4 is 17.3 Å². The molecule has 1 amide bonds. The Balaban J connectivity index is 2.16. The predicted octanol–water partition coefficient (Wildman–Crippen LogP) is 1.79. The summed E-state index contributed by atoms with van der Waals surface area (Å²) in [5.74, 6) is -0.343. The Morgan fingerprint density at radius 1 is 1.33 bits per heavy atom. The molecule has 0 aliphatic carbocycles. The van der Waals surface area contributed by atoms with Crippen molar-refractivity contribution in [3.8, 4) is 6.07 Å². The summed E-state index contributed by atoms with van der Waals surface area (Å²) in [7, 11) is 0. The van der Waals surface area contributed by atoms with Gasteiger partial charge in [0, 0.05) is 5.69 Å². The van der Waals surface area contributed by atoms with Crippen LogP contribution in [-0.2, 0) is 0 Å². The van der Waals surface area contributed by atoms with Crippen LogP contribution in [0.3, 0.4) is 0 Å². The molecule has 0 atom stereocenters. The fourth-order valence-corrected chi connectivity index (χ4v) is 1.40. The summed E-state index contributed by atoms with van der Waals surface area (Å²) in [6.07, 6.45) is 1.42. The van der Waals surface area contributed by atoms with E-state index in [2.05, 4.69) is 10.3 Å². The first-order valence-corrected chi connectivity index (χ1v) is 5.22. The molecule has 5 heteroatoms. The highest BCUT2D eigenvalue weighted by atomic mass is 16.1. The molecule has 0 fully saturated rings. The number of hydrogen-bond donors (Lipinski definition) is 2. The van der Waals surface area contributed by atoms with Crippen LogP contribution in [0, 0.1) is 11.3 Å². The number of nitrogens with zero attached hydrogens (tertiary/aromatic N) is 2. The molecule has 2 rings (SSSR count). The summed E-state index contributed by atoms with van der Waals surface area (Å²) in [5, 5.41) is 11.4. The molecule has 1 aromatic carbocycles. The minimum atomic E-state index is -0.343. The van der Waals surface area contributed by atoms with Crippen molar-refractivity contribution in [2.75, 3.05) is 11.1 Å². The average molecular weight is 238 g/mol.